The lowest BCUT2D eigenvalue weighted by atomic mass is 9.84. The summed E-state index contributed by atoms with van der Waals surface area (Å²) < 4.78 is 16.3. The van der Waals surface area contributed by atoms with Crippen molar-refractivity contribution in [2.75, 3.05) is 0 Å². The Hall–Kier alpha value is -0.610. The molecule has 72 valence electrons. The van der Waals surface area contributed by atoms with Gasteiger partial charge in [0.1, 0.15) is 6.10 Å². The van der Waals surface area contributed by atoms with E-state index in [1.807, 2.05) is 6.92 Å². The van der Waals surface area contributed by atoms with Gasteiger partial charge in [0.25, 0.3) is 0 Å². The van der Waals surface area contributed by atoms with Crippen molar-refractivity contribution < 1.29 is 19.0 Å². The van der Waals surface area contributed by atoms with E-state index < -0.39 is 12.4 Å². The van der Waals surface area contributed by atoms with E-state index in [4.69, 9.17) is 14.2 Å². The zero-order chi connectivity index (χ0) is 9.16. The van der Waals surface area contributed by atoms with Gasteiger partial charge in [-0.1, -0.05) is 13.8 Å². The molecule has 3 fully saturated rings. The third kappa shape index (κ3) is 0.802. The van der Waals surface area contributed by atoms with Gasteiger partial charge in [0.15, 0.2) is 6.10 Å². The summed E-state index contributed by atoms with van der Waals surface area (Å²) in [4.78, 5) is 11.3. The molecule has 6 atom stereocenters. The normalized spacial score (nSPS) is 58.2. The van der Waals surface area contributed by atoms with Crippen molar-refractivity contribution in [1.82, 2.24) is 0 Å². The fourth-order valence-corrected chi connectivity index (χ4v) is 2.59. The minimum Gasteiger partial charge on any atom is -0.431 e. The van der Waals surface area contributed by atoms with Gasteiger partial charge in [-0.15, -0.1) is 0 Å². The predicted octanol–water partition coefficient (Wildman–Crippen LogP) is 0.308. The SMILES string of the molecule is CC1C2O[C@H]3OC(=O)[C@H](O[C@H]13)C2C. The Labute approximate surface area is 76.1 Å². The van der Waals surface area contributed by atoms with E-state index >= 15 is 0 Å². The number of hydrogen-bond donors (Lipinski definition) is 0. The van der Waals surface area contributed by atoms with E-state index in [9.17, 15) is 4.79 Å². The molecule has 0 amide bonds. The monoisotopic (exact) mass is 184 g/mol. The van der Waals surface area contributed by atoms with Crippen molar-refractivity contribution in [2.45, 2.75) is 38.4 Å². The molecule has 4 heteroatoms. The van der Waals surface area contributed by atoms with Crippen LogP contribution in [0.2, 0.25) is 0 Å². The van der Waals surface area contributed by atoms with E-state index in [2.05, 4.69) is 6.92 Å². The van der Waals surface area contributed by atoms with Crippen LogP contribution < -0.4 is 0 Å². The smallest absolute Gasteiger partial charge is 0.338 e. The molecule has 3 unspecified atom stereocenters. The molecule has 3 bridgehead atoms. The standard InChI is InChI=1S/C9H12O4/c1-3-5-4(2)7-9(12-5)13-8(10)6(3)11-7/h3-7,9H,1-2H3/t3?,4?,5?,6-,7-,9+/m1/s1. The largest absolute Gasteiger partial charge is 0.431 e. The molecule has 0 radical (unpaired) electrons. The topological polar surface area (TPSA) is 44.8 Å². The molecule has 0 spiro atoms. The first-order valence-electron chi connectivity index (χ1n) is 4.70. The van der Waals surface area contributed by atoms with E-state index in [1.54, 1.807) is 0 Å². The average Bonchev–Trinajstić information content (AvgIpc) is 2.25. The van der Waals surface area contributed by atoms with E-state index in [0.29, 0.717) is 5.92 Å². The van der Waals surface area contributed by atoms with Crippen molar-refractivity contribution in [3.8, 4) is 0 Å². The van der Waals surface area contributed by atoms with E-state index in [0.717, 1.165) is 0 Å². The molecule has 13 heavy (non-hydrogen) atoms. The second-order valence-electron chi connectivity index (χ2n) is 4.15. The van der Waals surface area contributed by atoms with Crippen LogP contribution in [0.3, 0.4) is 0 Å². The highest BCUT2D eigenvalue weighted by Crippen LogP contribution is 2.44. The number of carbonyl (C=O) groups excluding carboxylic acids is 1. The molecule has 3 aliphatic heterocycles. The summed E-state index contributed by atoms with van der Waals surface area (Å²) >= 11 is 0. The molecule has 3 heterocycles. The summed E-state index contributed by atoms with van der Waals surface area (Å²) in [6.45, 7) is 4.07. The Morgan fingerprint density at radius 3 is 2.62 bits per heavy atom. The van der Waals surface area contributed by atoms with Crippen LogP contribution in [-0.2, 0) is 19.0 Å². The van der Waals surface area contributed by atoms with Crippen LogP contribution in [0, 0.1) is 11.8 Å². The van der Waals surface area contributed by atoms with Crippen LogP contribution in [0.1, 0.15) is 13.8 Å². The maximum absolute atomic E-state index is 11.3. The first kappa shape index (κ1) is 7.76. The maximum atomic E-state index is 11.3. The molecular formula is C9H12O4. The van der Waals surface area contributed by atoms with Crippen molar-refractivity contribution in [3.05, 3.63) is 0 Å². The number of fused-ring (bicyclic) bond motifs is 2. The van der Waals surface area contributed by atoms with Crippen LogP contribution in [0.15, 0.2) is 0 Å². The molecule has 0 aliphatic carbocycles. The summed E-state index contributed by atoms with van der Waals surface area (Å²) in [5.74, 6) is 0.193. The highest BCUT2D eigenvalue weighted by molar-refractivity contribution is 5.76. The number of carbonyl (C=O) groups is 1. The number of esters is 1. The van der Waals surface area contributed by atoms with Gasteiger partial charge in [0, 0.05) is 11.8 Å². The lowest BCUT2D eigenvalue weighted by molar-refractivity contribution is -0.225. The molecule has 4 nitrogen and oxygen atoms in total. The minimum atomic E-state index is -0.450. The van der Waals surface area contributed by atoms with Crippen LogP contribution in [-0.4, -0.2) is 30.6 Å². The van der Waals surface area contributed by atoms with Crippen LogP contribution in [0.5, 0.6) is 0 Å². The summed E-state index contributed by atoms with van der Waals surface area (Å²) in [5.41, 5.74) is 0. The third-order valence-electron chi connectivity index (χ3n) is 3.36. The van der Waals surface area contributed by atoms with Crippen molar-refractivity contribution in [2.24, 2.45) is 11.8 Å². The Morgan fingerprint density at radius 1 is 1.08 bits per heavy atom. The zero-order valence-corrected chi connectivity index (χ0v) is 7.60. The Kier molecular flexibility index (Phi) is 1.34. The average molecular weight is 184 g/mol. The quantitative estimate of drug-likeness (QED) is 0.508. The molecule has 0 saturated carbocycles. The summed E-state index contributed by atoms with van der Waals surface area (Å²) in [6.07, 6.45) is -0.761. The van der Waals surface area contributed by atoms with Gasteiger partial charge in [-0.2, -0.15) is 0 Å². The van der Waals surface area contributed by atoms with Gasteiger partial charge >= 0.3 is 5.97 Å². The molecule has 3 aliphatic rings. The molecule has 3 rings (SSSR count). The van der Waals surface area contributed by atoms with Gasteiger partial charge in [-0.25, -0.2) is 4.79 Å². The van der Waals surface area contributed by atoms with Crippen LogP contribution >= 0.6 is 0 Å². The van der Waals surface area contributed by atoms with E-state index in [1.165, 1.54) is 0 Å². The zero-order valence-electron chi connectivity index (χ0n) is 7.60. The molecule has 0 N–H and O–H groups in total. The highest BCUT2D eigenvalue weighted by Gasteiger charge is 2.59. The summed E-state index contributed by atoms with van der Waals surface area (Å²) in [5, 5.41) is 0. The van der Waals surface area contributed by atoms with Gasteiger partial charge in [-0.3, -0.25) is 0 Å². The Morgan fingerprint density at radius 2 is 1.85 bits per heavy atom. The van der Waals surface area contributed by atoms with Gasteiger partial charge in [0.2, 0.25) is 6.29 Å². The number of rotatable bonds is 0. The highest BCUT2D eigenvalue weighted by atomic mass is 16.8. The summed E-state index contributed by atoms with van der Waals surface area (Å²) in [6, 6.07) is 0. The molecule has 0 aromatic carbocycles. The fraction of sp³-hybridized carbons (Fsp3) is 0.889. The van der Waals surface area contributed by atoms with Gasteiger partial charge < -0.3 is 14.2 Å². The second kappa shape index (κ2) is 2.25. The Bertz CT molecular complexity index is 264. The predicted molar refractivity (Wildman–Crippen MR) is 41.7 cm³/mol. The Balaban J connectivity index is 2.02. The van der Waals surface area contributed by atoms with Crippen molar-refractivity contribution >= 4 is 5.97 Å². The van der Waals surface area contributed by atoms with Crippen molar-refractivity contribution in [1.29, 1.82) is 0 Å². The molecular weight excluding hydrogens is 172 g/mol. The van der Waals surface area contributed by atoms with Gasteiger partial charge in [0.05, 0.1) is 6.10 Å². The fourth-order valence-electron chi connectivity index (χ4n) is 2.59. The van der Waals surface area contributed by atoms with E-state index in [-0.39, 0.29) is 24.1 Å². The first-order valence-corrected chi connectivity index (χ1v) is 4.70. The van der Waals surface area contributed by atoms with Crippen LogP contribution in [0.4, 0.5) is 0 Å². The molecule has 3 saturated heterocycles. The minimum absolute atomic E-state index is 0.0381. The summed E-state index contributed by atoms with van der Waals surface area (Å²) in [7, 11) is 0. The third-order valence-corrected chi connectivity index (χ3v) is 3.36. The van der Waals surface area contributed by atoms with Crippen LogP contribution in [0.25, 0.3) is 0 Å². The molecule has 0 aromatic rings. The lowest BCUT2D eigenvalue weighted by Gasteiger charge is -2.38. The first-order chi connectivity index (χ1) is 6.18. The number of ether oxygens (including phenoxy) is 3. The second-order valence-corrected chi connectivity index (χ2v) is 4.15. The lowest BCUT2D eigenvalue weighted by Crippen LogP contribution is -2.53. The maximum Gasteiger partial charge on any atom is 0.338 e. The number of hydrogen-bond acceptors (Lipinski definition) is 4. The van der Waals surface area contributed by atoms with Gasteiger partial charge in [-0.05, 0) is 0 Å². The molecule has 0 aromatic heterocycles. The van der Waals surface area contributed by atoms with Crippen molar-refractivity contribution in [3.63, 3.8) is 0 Å².